The molecule has 0 bridgehead atoms. The Morgan fingerprint density at radius 1 is 0.897 bits per heavy atom. The van der Waals surface area contributed by atoms with Gasteiger partial charge >= 0.3 is 5.97 Å². The molecule has 2 aromatic carbocycles. The standard InChI is InChI=1S/C19H14F2N4O4/c20-13-3-2-12(8-14(13)21)25-17(26)9-24-18(27)10-29-19(28)11-1-4-15-16(7-11)23-6-5-22-15/h1-8H,9-10H2,(H,24,27)(H,25,26). The van der Waals surface area contributed by atoms with Crippen LogP contribution in [0.15, 0.2) is 48.8 Å². The van der Waals surface area contributed by atoms with Gasteiger partial charge in [0.15, 0.2) is 18.2 Å². The van der Waals surface area contributed by atoms with Crippen molar-refractivity contribution in [1.82, 2.24) is 15.3 Å². The number of esters is 1. The molecule has 0 radical (unpaired) electrons. The second-order valence-corrected chi connectivity index (χ2v) is 5.79. The van der Waals surface area contributed by atoms with E-state index in [9.17, 15) is 23.2 Å². The van der Waals surface area contributed by atoms with E-state index in [1.54, 1.807) is 6.07 Å². The van der Waals surface area contributed by atoms with Gasteiger partial charge in [-0.15, -0.1) is 0 Å². The number of amides is 2. The molecule has 10 heteroatoms. The van der Waals surface area contributed by atoms with Gasteiger partial charge in [0.25, 0.3) is 5.91 Å². The van der Waals surface area contributed by atoms with Crippen LogP contribution in [-0.2, 0) is 14.3 Å². The minimum atomic E-state index is -1.11. The van der Waals surface area contributed by atoms with E-state index in [-0.39, 0.29) is 11.3 Å². The van der Waals surface area contributed by atoms with Crippen LogP contribution in [0.4, 0.5) is 14.5 Å². The fourth-order valence-corrected chi connectivity index (χ4v) is 2.31. The third-order valence-corrected chi connectivity index (χ3v) is 3.69. The van der Waals surface area contributed by atoms with Gasteiger partial charge in [0.05, 0.1) is 23.1 Å². The fourth-order valence-electron chi connectivity index (χ4n) is 2.31. The summed E-state index contributed by atoms with van der Waals surface area (Å²) in [5, 5.41) is 4.54. The first-order valence-electron chi connectivity index (χ1n) is 8.32. The van der Waals surface area contributed by atoms with Crippen molar-refractivity contribution in [3.05, 3.63) is 66.0 Å². The van der Waals surface area contributed by atoms with E-state index >= 15 is 0 Å². The summed E-state index contributed by atoms with van der Waals surface area (Å²) >= 11 is 0. The number of fused-ring (bicyclic) bond motifs is 1. The number of rotatable bonds is 6. The van der Waals surface area contributed by atoms with Crippen molar-refractivity contribution >= 4 is 34.5 Å². The molecule has 0 saturated heterocycles. The number of aromatic nitrogens is 2. The van der Waals surface area contributed by atoms with Gasteiger partial charge in [-0.25, -0.2) is 13.6 Å². The van der Waals surface area contributed by atoms with Crippen molar-refractivity contribution in [3.63, 3.8) is 0 Å². The highest BCUT2D eigenvalue weighted by atomic mass is 19.2. The van der Waals surface area contributed by atoms with Crippen molar-refractivity contribution in [2.45, 2.75) is 0 Å². The Labute approximate surface area is 162 Å². The van der Waals surface area contributed by atoms with Crippen LogP contribution >= 0.6 is 0 Å². The average Bonchev–Trinajstić information content (AvgIpc) is 2.72. The van der Waals surface area contributed by atoms with Crippen LogP contribution in [0.1, 0.15) is 10.4 Å². The van der Waals surface area contributed by atoms with Gasteiger partial charge in [-0.2, -0.15) is 0 Å². The van der Waals surface area contributed by atoms with E-state index in [0.717, 1.165) is 12.1 Å². The Kier molecular flexibility index (Phi) is 6.03. The Morgan fingerprint density at radius 2 is 1.66 bits per heavy atom. The zero-order valence-corrected chi connectivity index (χ0v) is 14.8. The van der Waals surface area contributed by atoms with Crippen LogP contribution in [0.3, 0.4) is 0 Å². The Bertz CT molecular complexity index is 1090. The molecular formula is C19H14F2N4O4. The minimum absolute atomic E-state index is 0.0361. The molecule has 0 aliphatic rings. The van der Waals surface area contributed by atoms with Crippen molar-refractivity contribution in [3.8, 4) is 0 Å². The first kappa shape index (κ1) is 19.8. The normalized spacial score (nSPS) is 10.4. The number of halogens is 2. The predicted octanol–water partition coefficient (Wildman–Crippen LogP) is 1.82. The highest BCUT2D eigenvalue weighted by molar-refractivity contribution is 5.96. The van der Waals surface area contributed by atoms with Crippen LogP contribution in [0.5, 0.6) is 0 Å². The van der Waals surface area contributed by atoms with Crippen molar-refractivity contribution < 1.29 is 27.9 Å². The third-order valence-electron chi connectivity index (χ3n) is 3.69. The summed E-state index contributed by atoms with van der Waals surface area (Å²) in [5.41, 5.74) is 1.34. The molecule has 0 aliphatic heterocycles. The van der Waals surface area contributed by atoms with Gasteiger partial charge < -0.3 is 15.4 Å². The summed E-state index contributed by atoms with van der Waals surface area (Å²) in [5.74, 6) is -4.27. The maximum absolute atomic E-state index is 13.1. The van der Waals surface area contributed by atoms with E-state index in [1.807, 2.05) is 0 Å². The number of benzene rings is 2. The molecule has 0 spiro atoms. The van der Waals surface area contributed by atoms with E-state index in [2.05, 4.69) is 20.6 Å². The molecule has 0 aliphatic carbocycles. The Hall–Kier alpha value is -3.95. The molecule has 0 unspecified atom stereocenters. The van der Waals surface area contributed by atoms with Crippen LogP contribution in [0, 0.1) is 11.6 Å². The molecule has 1 aromatic heterocycles. The summed E-state index contributed by atoms with van der Waals surface area (Å²) in [6.07, 6.45) is 3.00. The molecule has 0 saturated carbocycles. The largest absolute Gasteiger partial charge is 0.452 e. The quantitative estimate of drug-likeness (QED) is 0.611. The van der Waals surface area contributed by atoms with Crippen LogP contribution < -0.4 is 10.6 Å². The summed E-state index contributed by atoms with van der Waals surface area (Å²) in [7, 11) is 0. The third kappa shape index (κ3) is 5.28. The second kappa shape index (κ2) is 8.83. The molecule has 2 N–H and O–H groups in total. The van der Waals surface area contributed by atoms with E-state index in [0.29, 0.717) is 11.0 Å². The van der Waals surface area contributed by atoms with Gasteiger partial charge in [-0.05, 0) is 30.3 Å². The van der Waals surface area contributed by atoms with E-state index in [1.165, 1.54) is 30.6 Å². The fraction of sp³-hybridized carbons (Fsp3) is 0.105. The lowest BCUT2D eigenvalue weighted by Gasteiger charge is -2.08. The molecule has 148 valence electrons. The lowest BCUT2D eigenvalue weighted by molar-refractivity contribution is -0.126. The number of carbonyl (C=O) groups excluding carboxylic acids is 3. The zero-order valence-electron chi connectivity index (χ0n) is 14.8. The first-order chi connectivity index (χ1) is 13.9. The molecule has 0 atom stereocenters. The first-order valence-corrected chi connectivity index (χ1v) is 8.32. The summed E-state index contributed by atoms with van der Waals surface area (Å²) in [4.78, 5) is 43.7. The van der Waals surface area contributed by atoms with Gasteiger partial charge in [0.1, 0.15) is 0 Å². The number of anilines is 1. The van der Waals surface area contributed by atoms with Crippen LogP contribution in [0.25, 0.3) is 11.0 Å². The van der Waals surface area contributed by atoms with Crippen LogP contribution in [-0.4, -0.2) is 40.9 Å². The Balaban J connectivity index is 1.45. The van der Waals surface area contributed by atoms with E-state index < -0.39 is 42.6 Å². The zero-order chi connectivity index (χ0) is 20.8. The molecule has 8 nitrogen and oxygen atoms in total. The molecule has 3 aromatic rings. The SMILES string of the molecule is O=C(COC(=O)c1ccc2nccnc2c1)NCC(=O)Nc1ccc(F)c(F)c1. The lowest BCUT2D eigenvalue weighted by Crippen LogP contribution is -2.35. The van der Waals surface area contributed by atoms with Crippen LogP contribution in [0.2, 0.25) is 0 Å². The molecular weight excluding hydrogens is 386 g/mol. The van der Waals surface area contributed by atoms with Gasteiger partial charge in [-0.3, -0.25) is 19.6 Å². The van der Waals surface area contributed by atoms with Crippen molar-refractivity contribution in [1.29, 1.82) is 0 Å². The highest BCUT2D eigenvalue weighted by Gasteiger charge is 2.13. The Morgan fingerprint density at radius 3 is 2.41 bits per heavy atom. The van der Waals surface area contributed by atoms with Gasteiger partial charge in [0, 0.05) is 24.1 Å². The summed E-state index contributed by atoms with van der Waals surface area (Å²) in [6, 6.07) is 7.42. The minimum Gasteiger partial charge on any atom is -0.452 e. The summed E-state index contributed by atoms with van der Waals surface area (Å²) in [6.45, 7) is -1.04. The number of nitrogens with zero attached hydrogens (tertiary/aromatic N) is 2. The van der Waals surface area contributed by atoms with Gasteiger partial charge in [0.2, 0.25) is 5.91 Å². The van der Waals surface area contributed by atoms with Gasteiger partial charge in [-0.1, -0.05) is 0 Å². The maximum Gasteiger partial charge on any atom is 0.338 e. The molecule has 2 amide bonds. The highest BCUT2D eigenvalue weighted by Crippen LogP contribution is 2.13. The molecule has 1 heterocycles. The number of hydrogen-bond donors (Lipinski definition) is 2. The maximum atomic E-state index is 13.1. The number of ether oxygens (including phenoxy) is 1. The second-order valence-electron chi connectivity index (χ2n) is 5.79. The average molecular weight is 400 g/mol. The predicted molar refractivity (Wildman–Crippen MR) is 97.8 cm³/mol. The monoisotopic (exact) mass is 400 g/mol. The number of nitrogens with one attached hydrogen (secondary N) is 2. The molecule has 0 fully saturated rings. The van der Waals surface area contributed by atoms with Crippen molar-refractivity contribution in [2.75, 3.05) is 18.5 Å². The molecule has 29 heavy (non-hydrogen) atoms. The topological polar surface area (TPSA) is 110 Å². The van der Waals surface area contributed by atoms with Crippen molar-refractivity contribution in [2.24, 2.45) is 0 Å². The number of hydrogen-bond acceptors (Lipinski definition) is 6. The smallest absolute Gasteiger partial charge is 0.338 e. The number of carbonyl (C=O) groups is 3. The summed E-state index contributed by atoms with van der Waals surface area (Å²) < 4.78 is 30.8. The molecule has 3 rings (SSSR count). The lowest BCUT2D eigenvalue weighted by atomic mass is 10.2. The van der Waals surface area contributed by atoms with E-state index in [4.69, 9.17) is 4.74 Å².